The molecule has 2 heterocycles. The number of amides is 2. The summed E-state index contributed by atoms with van der Waals surface area (Å²) in [7, 11) is -4.21. The predicted molar refractivity (Wildman–Crippen MR) is 122 cm³/mol. The second-order valence-electron chi connectivity index (χ2n) is 7.09. The number of carbonyl (C=O) groups excluding carboxylic acids is 3. The molecule has 0 fully saturated rings. The number of carbonyl (C=O) groups is 3. The maximum atomic E-state index is 12.5. The first-order valence-corrected chi connectivity index (χ1v) is 12.6. The van der Waals surface area contributed by atoms with E-state index in [1.807, 2.05) is 0 Å². The highest BCUT2D eigenvalue weighted by molar-refractivity contribution is 7.92. The molecule has 16 heteroatoms. The van der Waals surface area contributed by atoms with Crippen LogP contribution >= 0.6 is 11.3 Å². The zero-order chi connectivity index (χ0) is 25.8. The zero-order valence-electron chi connectivity index (χ0n) is 18.4. The highest BCUT2D eigenvalue weighted by Crippen LogP contribution is 2.23. The average Bonchev–Trinajstić information content (AvgIpc) is 3.29. The Morgan fingerprint density at radius 1 is 1.29 bits per heavy atom. The summed E-state index contributed by atoms with van der Waals surface area (Å²) < 4.78 is 36.0. The number of sulfone groups is 1. The fourth-order valence-corrected chi connectivity index (χ4v) is 5.03. The molecule has 3 rings (SSSR count). The third-order valence-corrected chi connectivity index (χ3v) is 6.71. The summed E-state index contributed by atoms with van der Waals surface area (Å²) in [5, 5.41) is 16.8. The summed E-state index contributed by atoms with van der Waals surface area (Å²) in [6, 6.07) is 5.25. The van der Waals surface area contributed by atoms with Crippen molar-refractivity contribution in [3.05, 3.63) is 44.9 Å². The number of ether oxygens (including phenoxy) is 1. The Bertz CT molecular complexity index is 1480. The number of hydrogen-bond acceptors (Lipinski definition) is 11. The van der Waals surface area contributed by atoms with Gasteiger partial charge in [0.1, 0.15) is 23.8 Å². The summed E-state index contributed by atoms with van der Waals surface area (Å²) in [6.07, 6.45) is 0. The highest BCUT2D eigenvalue weighted by atomic mass is 32.2. The van der Waals surface area contributed by atoms with E-state index in [-0.39, 0.29) is 29.5 Å². The molecule has 0 aliphatic heterocycles. The molecule has 1 N–H and O–H groups in total. The van der Waals surface area contributed by atoms with E-state index in [9.17, 15) is 32.9 Å². The molecule has 0 aliphatic carbocycles. The van der Waals surface area contributed by atoms with Crippen LogP contribution in [0.25, 0.3) is 10.2 Å². The van der Waals surface area contributed by atoms with E-state index in [1.165, 1.54) is 28.8 Å². The third-order valence-electron chi connectivity index (χ3n) is 4.28. The number of esters is 1. The lowest BCUT2D eigenvalue weighted by Crippen LogP contribution is -2.28. The van der Waals surface area contributed by atoms with E-state index < -0.39 is 44.0 Å². The number of benzene rings is 1. The lowest BCUT2D eigenvalue weighted by atomic mass is 10.3. The molecule has 0 atom stereocenters. The van der Waals surface area contributed by atoms with Crippen molar-refractivity contribution in [3.8, 4) is 0 Å². The third kappa shape index (κ3) is 6.80. The molecular formula is C19H19N5O9S2. The van der Waals surface area contributed by atoms with Gasteiger partial charge < -0.3 is 19.1 Å². The molecule has 1 aromatic carbocycles. The van der Waals surface area contributed by atoms with Gasteiger partial charge in [0.2, 0.25) is 5.91 Å². The number of anilines is 1. The van der Waals surface area contributed by atoms with Gasteiger partial charge in [-0.3, -0.25) is 24.5 Å². The lowest BCUT2D eigenvalue weighted by Gasteiger charge is -2.05. The van der Waals surface area contributed by atoms with Gasteiger partial charge in [0.05, 0.1) is 21.7 Å². The maximum Gasteiger partial charge on any atom is 0.326 e. The molecule has 0 bridgehead atoms. The number of non-ortho nitro benzene ring substituents is 1. The Hall–Kier alpha value is -3.92. The fourth-order valence-electron chi connectivity index (χ4n) is 2.93. The quantitative estimate of drug-likeness (QED) is 0.239. The number of fused-ring (bicyclic) bond motifs is 1. The van der Waals surface area contributed by atoms with E-state index in [0.717, 1.165) is 11.3 Å². The van der Waals surface area contributed by atoms with Crippen LogP contribution in [0.3, 0.4) is 0 Å². The van der Waals surface area contributed by atoms with Crippen molar-refractivity contribution in [2.75, 3.05) is 23.4 Å². The molecule has 2 amide bonds. The van der Waals surface area contributed by atoms with Crippen molar-refractivity contribution in [1.82, 2.24) is 9.72 Å². The first-order valence-electron chi connectivity index (χ1n) is 9.92. The number of nitro benzene ring substituents is 1. The van der Waals surface area contributed by atoms with E-state index in [0.29, 0.717) is 16.0 Å². The number of aryl methyl sites for hydroxylation is 1. The molecule has 186 valence electrons. The van der Waals surface area contributed by atoms with Gasteiger partial charge in [-0.2, -0.15) is 4.99 Å². The molecule has 0 saturated heterocycles. The van der Waals surface area contributed by atoms with Gasteiger partial charge in [-0.25, -0.2) is 8.42 Å². The summed E-state index contributed by atoms with van der Waals surface area (Å²) >= 11 is 0.858. The predicted octanol–water partition coefficient (Wildman–Crippen LogP) is 0.951. The number of nitro groups is 1. The van der Waals surface area contributed by atoms with Gasteiger partial charge in [0.25, 0.3) is 11.6 Å². The van der Waals surface area contributed by atoms with Crippen LogP contribution in [-0.4, -0.2) is 59.0 Å². The van der Waals surface area contributed by atoms with Crippen LogP contribution in [-0.2, 0) is 35.5 Å². The summed E-state index contributed by atoms with van der Waals surface area (Å²) in [5.74, 6) is -4.30. The van der Waals surface area contributed by atoms with Crippen molar-refractivity contribution in [2.24, 2.45) is 4.99 Å². The highest BCUT2D eigenvalue weighted by Gasteiger charge is 2.22. The number of nitrogens with zero attached hydrogens (tertiary/aromatic N) is 4. The SMILES string of the molecule is CCOC(=O)Cn1c(=NC(=O)CS(=O)(=O)CC(=O)Nc2cc(C)on2)sc2cc([N+](=O)[O-])ccc21. The number of thiazole rings is 1. The molecule has 0 radical (unpaired) electrons. The van der Waals surface area contributed by atoms with E-state index in [4.69, 9.17) is 9.26 Å². The number of aromatic nitrogens is 2. The van der Waals surface area contributed by atoms with Gasteiger partial charge in [-0.1, -0.05) is 16.5 Å². The van der Waals surface area contributed by atoms with Gasteiger partial charge >= 0.3 is 5.97 Å². The van der Waals surface area contributed by atoms with Gasteiger partial charge in [-0.05, 0) is 19.9 Å². The van der Waals surface area contributed by atoms with E-state index in [2.05, 4.69) is 15.5 Å². The molecule has 3 aromatic rings. The lowest BCUT2D eigenvalue weighted by molar-refractivity contribution is -0.384. The average molecular weight is 526 g/mol. The molecule has 0 spiro atoms. The second kappa shape index (κ2) is 10.6. The Morgan fingerprint density at radius 3 is 2.66 bits per heavy atom. The van der Waals surface area contributed by atoms with Crippen LogP contribution < -0.4 is 10.1 Å². The van der Waals surface area contributed by atoms with Gasteiger partial charge in [0.15, 0.2) is 20.5 Å². The number of hydrogen-bond donors (Lipinski definition) is 1. The fraction of sp³-hybridized carbons (Fsp3) is 0.316. The van der Waals surface area contributed by atoms with Crippen LogP contribution in [0.5, 0.6) is 0 Å². The van der Waals surface area contributed by atoms with E-state index >= 15 is 0 Å². The van der Waals surface area contributed by atoms with Crippen LogP contribution in [0.15, 0.2) is 33.8 Å². The number of nitrogens with one attached hydrogen (secondary N) is 1. The Labute approximate surface area is 201 Å². The first-order chi connectivity index (χ1) is 16.5. The van der Waals surface area contributed by atoms with E-state index in [1.54, 1.807) is 13.8 Å². The molecule has 2 aromatic heterocycles. The molecule has 0 saturated carbocycles. The van der Waals surface area contributed by atoms with Crippen molar-refractivity contribution in [2.45, 2.75) is 20.4 Å². The minimum Gasteiger partial charge on any atom is -0.465 e. The minimum absolute atomic E-state index is 0.0260. The van der Waals surface area contributed by atoms with Crippen LogP contribution in [0.4, 0.5) is 11.5 Å². The van der Waals surface area contributed by atoms with Crippen molar-refractivity contribution in [3.63, 3.8) is 0 Å². The Kier molecular flexibility index (Phi) is 7.75. The van der Waals surface area contributed by atoms with Crippen LogP contribution in [0, 0.1) is 17.0 Å². The largest absolute Gasteiger partial charge is 0.465 e. The first kappa shape index (κ1) is 25.7. The molecule has 0 aliphatic rings. The van der Waals surface area contributed by atoms with Crippen LogP contribution in [0.1, 0.15) is 12.7 Å². The molecule has 14 nitrogen and oxygen atoms in total. The summed E-state index contributed by atoms with van der Waals surface area (Å²) in [4.78, 5) is 50.7. The van der Waals surface area contributed by atoms with Crippen LogP contribution in [0.2, 0.25) is 0 Å². The van der Waals surface area contributed by atoms with Crippen molar-refractivity contribution >= 4 is 60.7 Å². The zero-order valence-corrected chi connectivity index (χ0v) is 20.1. The Morgan fingerprint density at radius 2 is 2.03 bits per heavy atom. The summed E-state index contributed by atoms with van der Waals surface area (Å²) in [6.45, 7) is 2.94. The van der Waals surface area contributed by atoms with Crippen molar-refractivity contribution in [1.29, 1.82) is 0 Å². The molecule has 35 heavy (non-hydrogen) atoms. The summed E-state index contributed by atoms with van der Waals surface area (Å²) in [5.41, 5.74) is 0.154. The number of rotatable bonds is 9. The maximum absolute atomic E-state index is 12.5. The second-order valence-corrected chi connectivity index (χ2v) is 10.2. The standard InChI is InChI=1S/C19H19N5O9S2/c1-3-32-18(27)8-23-13-5-4-12(24(28)29)7-14(13)34-19(23)21-17(26)10-35(30,31)9-16(25)20-15-6-11(2)33-22-15/h4-7H,3,8-10H2,1-2H3,(H,20,22,25). The smallest absolute Gasteiger partial charge is 0.326 e. The monoisotopic (exact) mass is 525 g/mol. The normalized spacial score (nSPS) is 12.0. The minimum atomic E-state index is -4.21. The van der Waals surface area contributed by atoms with Gasteiger partial charge in [0, 0.05) is 18.2 Å². The molecule has 0 unspecified atom stereocenters. The topological polar surface area (TPSA) is 193 Å². The van der Waals surface area contributed by atoms with Crippen molar-refractivity contribution < 1.29 is 37.0 Å². The molecular weight excluding hydrogens is 506 g/mol. The Balaban J connectivity index is 1.86. The van der Waals surface area contributed by atoms with Gasteiger partial charge in [-0.15, -0.1) is 0 Å².